The lowest BCUT2D eigenvalue weighted by Crippen LogP contribution is -2.42. The minimum absolute atomic E-state index is 0.177. The topological polar surface area (TPSA) is 42.4 Å². The molecule has 2 aromatic rings. The lowest BCUT2D eigenvalue weighted by molar-refractivity contribution is -0.134. The van der Waals surface area contributed by atoms with Gasteiger partial charge >= 0.3 is 0 Å². The molecule has 4 heteroatoms. The van der Waals surface area contributed by atoms with Crippen molar-refractivity contribution in [1.29, 1.82) is 0 Å². The van der Waals surface area contributed by atoms with Crippen LogP contribution >= 0.6 is 0 Å². The molecule has 1 saturated heterocycles. The fourth-order valence-corrected chi connectivity index (χ4v) is 3.13. The number of amides is 1. The Balaban J connectivity index is 1.42. The van der Waals surface area contributed by atoms with E-state index in [1.807, 2.05) is 35.2 Å². The number of para-hydroxylation sites is 1. The van der Waals surface area contributed by atoms with Gasteiger partial charge in [-0.05, 0) is 25.0 Å². The van der Waals surface area contributed by atoms with Crippen LogP contribution in [0.2, 0.25) is 0 Å². The molecule has 0 N–H and O–H groups in total. The van der Waals surface area contributed by atoms with Gasteiger partial charge in [0.1, 0.15) is 17.4 Å². The van der Waals surface area contributed by atoms with Crippen molar-refractivity contribution in [3.63, 3.8) is 0 Å². The van der Waals surface area contributed by atoms with Gasteiger partial charge in [0.25, 0.3) is 0 Å². The van der Waals surface area contributed by atoms with Crippen LogP contribution in [0.3, 0.4) is 0 Å². The number of carbonyl (C=O) groups excluding carboxylic acids is 1. The first-order valence-electron chi connectivity index (χ1n) is 8.10. The van der Waals surface area contributed by atoms with Gasteiger partial charge in [0.15, 0.2) is 0 Å². The first-order chi connectivity index (χ1) is 10.8. The molecule has 2 aliphatic rings. The van der Waals surface area contributed by atoms with Crippen LogP contribution in [0.15, 0.2) is 36.5 Å². The van der Waals surface area contributed by atoms with Crippen LogP contribution in [-0.4, -0.2) is 35.0 Å². The van der Waals surface area contributed by atoms with Gasteiger partial charge in [0.2, 0.25) is 5.91 Å². The van der Waals surface area contributed by atoms with E-state index in [0.717, 1.165) is 55.4 Å². The van der Waals surface area contributed by atoms with Crippen LogP contribution in [0.5, 0.6) is 5.75 Å². The summed E-state index contributed by atoms with van der Waals surface area (Å²) >= 11 is 0. The minimum Gasteiger partial charge on any atom is -0.488 e. The Labute approximate surface area is 130 Å². The summed E-state index contributed by atoms with van der Waals surface area (Å²) in [5.74, 6) is 1.52. The van der Waals surface area contributed by atoms with E-state index in [4.69, 9.17) is 4.74 Å². The fourth-order valence-electron chi connectivity index (χ4n) is 3.13. The average Bonchev–Trinajstić information content (AvgIpc) is 3.40. The van der Waals surface area contributed by atoms with E-state index < -0.39 is 0 Å². The summed E-state index contributed by atoms with van der Waals surface area (Å²) in [4.78, 5) is 18.5. The molecule has 1 aromatic heterocycles. The summed E-state index contributed by atoms with van der Waals surface area (Å²) in [7, 11) is 0. The van der Waals surface area contributed by atoms with Crippen LogP contribution in [0.4, 0.5) is 0 Å². The summed E-state index contributed by atoms with van der Waals surface area (Å²) in [6, 6.07) is 10.0. The van der Waals surface area contributed by atoms with Crippen molar-refractivity contribution in [2.45, 2.75) is 31.8 Å². The second kappa shape index (κ2) is 5.59. The number of piperidine rings is 1. The molecule has 4 rings (SSSR count). The fraction of sp³-hybridized carbons (Fsp3) is 0.444. The van der Waals surface area contributed by atoms with Crippen LogP contribution in [0.25, 0.3) is 10.9 Å². The Morgan fingerprint density at radius 3 is 2.64 bits per heavy atom. The predicted molar refractivity (Wildman–Crippen MR) is 84.7 cm³/mol. The highest BCUT2D eigenvalue weighted by Crippen LogP contribution is 2.32. The lowest BCUT2D eigenvalue weighted by atomic mass is 10.1. The Morgan fingerprint density at radius 2 is 1.86 bits per heavy atom. The van der Waals surface area contributed by atoms with Crippen molar-refractivity contribution in [2.24, 2.45) is 5.92 Å². The van der Waals surface area contributed by atoms with Crippen molar-refractivity contribution >= 4 is 16.8 Å². The Kier molecular flexibility index (Phi) is 3.45. The molecule has 1 aliphatic heterocycles. The Morgan fingerprint density at radius 1 is 1.09 bits per heavy atom. The first kappa shape index (κ1) is 13.6. The number of fused-ring (bicyclic) bond motifs is 1. The molecule has 22 heavy (non-hydrogen) atoms. The number of carbonyl (C=O) groups is 1. The zero-order valence-electron chi connectivity index (χ0n) is 12.6. The number of hydrogen-bond acceptors (Lipinski definition) is 3. The normalized spacial score (nSPS) is 19.4. The molecule has 2 fully saturated rings. The van der Waals surface area contributed by atoms with E-state index in [-0.39, 0.29) is 6.10 Å². The maximum Gasteiger partial charge on any atom is 0.225 e. The summed E-state index contributed by atoms with van der Waals surface area (Å²) in [6.45, 7) is 1.64. The quantitative estimate of drug-likeness (QED) is 0.874. The molecule has 0 atom stereocenters. The molecule has 114 valence electrons. The van der Waals surface area contributed by atoms with Crippen molar-refractivity contribution in [1.82, 2.24) is 9.88 Å². The minimum atomic E-state index is 0.177. The van der Waals surface area contributed by atoms with Crippen LogP contribution in [-0.2, 0) is 4.79 Å². The lowest BCUT2D eigenvalue weighted by Gasteiger charge is -2.32. The number of pyridine rings is 1. The van der Waals surface area contributed by atoms with Gasteiger partial charge in [0, 0.05) is 43.4 Å². The number of rotatable bonds is 3. The highest BCUT2D eigenvalue weighted by Gasteiger charge is 2.35. The molecular weight excluding hydrogens is 276 g/mol. The zero-order chi connectivity index (χ0) is 14.9. The monoisotopic (exact) mass is 296 g/mol. The molecule has 4 nitrogen and oxygen atoms in total. The number of aromatic nitrogens is 1. The third kappa shape index (κ3) is 2.65. The predicted octanol–water partition coefficient (Wildman–Crippen LogP) is 3.01. The molecule has 2 heterocycles. The second-order valence-electron chi connectivity index (χ2n) is 6.25. The van der Waals surface area contributed by atoms with Crippen LogP contribution in [0.1, 0.15) is 25.7 Å². The van der Waals surface area contributed by atoms with Crippen molar-refractivity contribution in [3.05, 3.63) is 36.5 Å². The average molecular weight is 296 g/mol. The van der Waals surface area contributed by atoms with Crippen LogP contribution in [0, 0.1) is 5.92 Å². The molecule has 0 spiro atoms. The molecule has 1 amide bonds. The summed E-state index contributed by atoms with van der Waals surface area (Å²) in [5, 5.41) is 1.10. The van der Waals surface area contributed by atoms with E-state index in [0.29, 0.717) is 11.8 Å². The Bertz CT molecular complexity index is 683. The van der Waals surface area contributed by atoms with Gasteiger partial charge in [-0.15, -0.1) is 0 Å². The zero-order valence-corrected chi connectivity index (χ0v) is 12.6. The molecule has 1 aromatic carbocycles. The summed E-state index contributed by atoms with van der Waals surface area (Å²) < 4.78 is 6.17. The van der Waals surface area contributed by atoms with Gasteiger partial charge in [-0.3, -0.25) is 9.78 Å². The van der Waals surface area contributed by atoms with Crippen LogP contribution < -0.4 is 4.74 Å². The molecule has 1 aliphatic carbocycles. The Hall–Kier alpha value is -2.10. The molecule has 0 radical (unpaired) electrons. The molecule has 0 bridgehead atoms. The third-order valence-electron chi connectivity index (χ3n) is 4.57. The van der Waals surface area contributed by atoms with E-state index in [1.165, 1.54) is 0 Å². The van der Waals surface area contributed by atoms with Gasteiger partial charge < -0.3 is 9.64 Å². The van der Waals surface area contributed by atoms with Crippen molar-refractivity contribution in [2.75, 3.05) is 13.1 Å². The number of nitrogens with zero attached hydrogens (tertiary/aromatic N) is 2. The highest BCUT2D eigenvalue weighted by molar-refractivity contribution is 5.84. The maximum atomic E-state index is 12.1. The van der Waals surface area contributed by atoms with E-state index in [1.54, 1.807) is 6.20 Å². The second-order valence-corrected chi connectivity index (χ2v) is 6.25. The van der Waals surface area contributed by atoms with Gasteiger partial charge in [0.05, 0.1) is 0 Å². The molecular formula is C18H20N2O2. The summed E-state index contributed by atoms with van der Waals surface area (Å²) in [5.41, 5.74) is 0.918. The number of hydrogen-bond donors (Lipinski definition) is 0. The van der Waals surface area contributed by atoms with Gasteiger partial charge in [-0.2, -0.15) is 0 Å². The third-order valence-corrected chi connectivity index (χ3v) is 4.57. The number of likely N-dealkylation sites (tertiary alicyclic amines) is 1. The largest absolute Gasteiger partial charge is 0.488 e. The van der Waals surface area contributed by atoms with Crippen molar-refractivity contribution < 1.29 is 9.53 Å². The van der Waals surface area contributed by atoms with E-state index in [2.05, 4.69) is 4.98 Å². The summed E-state index contributed by atoms with van der Waals surface area (Å²) in [6.07, 6.45) is 5.94. The molecule has 0 unspecified atom stereocenters. The molecule has 1 saturated carbocycles. The van der Waals surface area contributed by atoms with Gasteiger partial charge in [-0.1, -0.05) is 18.2 Å². The van der Waals surface area contributed by atoms with Gasteiger partial charge in [-0.25, -0.2) is 0 Å². The number of ether oxygens (including phenoxy) is 1. The SMILES string of the molecule is O=C(C1CC1)N1CCC(Oc2cccc3cccnc23)CC1. The smallest absolute Gasteiger partial charge is 0.225 e. The highest BCUT2D eigenvalue weighted by atomic mass is 16.5. The van der Waals surface area contributed by atoms with E-state index >= 15 is 0 Å². The standard InChI is InChI=1S/C18H20N2O2/c21-18(14-6-7-14)20-11-8-15(9-12-20)22-16-5-1-3-13-4-2-10-19-17(13)16/h1-5,10,14-15H,6-9,11-12H2. The maximum absolute atomic E-state index is 12.1. The number of benzene rings is 1. The van der Waals surface area contributed by atoms with Crippen molar-refractivity contribution in [3.8, 4) is 5.75 Å². The van der Waals surface area contributed by atoms with E-state index in [9.17, 15) is 4.79 Å². The first-order valence-corrected chi connectivity index (χ1v) is 8.10.